The number of rotatable bonds is 3. The first-order valence-corrected chi connectivity index (χ1v) is 6.52. The second-order valence-electron chi connectivity index (χ2n) is 4.99. The maximum atomic E-state index is 12.7. The van der Waals surface area contributed by atoms with Crippen LogP contribution in [0.2, 0.25) is 0 Å². The first kappa shape index (κ1) is 14.5. The van der Waals surface area contributed by atoms with E-state index in [2.05, 4.69) is 5.10 Å². The van der Waals surface area contributed by atoms with Crippen LogP contribution in [0.5, 0.6) is 0 Å². The third-order valence-corrected chi connectivity index (χ3v) is 3.62. The highest BCUT2D eigenvalue weighted by atomic mass is 16.5. The van der Waals surface area contributed by atoms with Crippen molar-refractivity contribution in [2.24, 2.45) is 7.05 Å². The highest BCUT2D eigenvalue weighted by Gasteiger charge is 2.32. The van der Waals surface area contributed by atoms with Crippen LogP contribution in [0, 0.1) is 13.8 Å². The number of carboxylic acid groups (broad SMARTS) is 1. The van der Waals surface area contributed by atoms with Crippen molar-refractivity contribution in [3.63, 3.8) is 0 Å². The number of carbonyl (C=O) groups is 2. The number of aliphatic carboxylic acids is 1. The number of carbonyl (C=O) groups excluding carboxylic acids is 1. The minimum atomic E-state index is -0.932. The topological polar surface area (TPSA) is 84.7 Å². The van der Waals surface area contributed by atoms with Crippen LogP contribution in [0.4, 0.5) is 0 Å². The summed E-state index contributed by atoms with van der Waals surface area (Å²) in [6.45, 7) is 4.72. The largest absolute Gasteiger partial charge is 0.481 e. The van der Waals surface area contributed by atoms with Crippen LogP contribution in [0.1, 0.15) is 28.2 Å². The number of hydrogen-bond donors (Lipinski definition) is 1. The van der Waals surface area contributed by atoms with Crippen molar-refractivity contribution in [3.05, 3.63) is 17.0 Å². The smallest absolute Gasteiger partial charge is 0.305 e. The molecule has 1 fully saturated rings. The molecule has 7 nitrogen and oxygen atoms in total. The van der Waals surface area contributed by atoms with Crippen LogP contribution in [0.15, 0.2) is 0 Å². The third kappa shape index (κ3) is 2.67. The molecule has 1 saturated heterocycles. The summed E-state index contributed by atoms with van der Waals surface area (Å²) in [6.07, 6.45) is -0.107. The molecule has 0 saturated carbocycles. The van der Waals surface area contributed by atoms with E-state index in [9.17, 15) is 9.59 Å². The van der Waals surface area contributed by atoms with Gasteiger partial charge >= 0.3 is 5.97 Å². The Morgan fingerprint density at radius 3 is 2.70 bits per heavy atom. The zero-order valence-electron chi connectivity index (χ0n) is 11.9. The van der Waals surface area contributed by atoms with Crippen LogP contribution in [-0.4, -0.2) is 57.5 Å². The third-order valence-electron chi connectivity index (χ3n) is 3.62. The van der Waals surface area contributed by atoms with E-state index >= 15 is 0 Å². The fourth-order valence-electron chi connectivity index (χ4n) is 2.52. The van der Waals surface area contributed by atoms with E-state index in [0.717, 1.165) is 5.69 Å². The summed E-state index contributed by atoms with van der Waals surface area (Å²) in [5, 5.41) is 13.2. The number of carboxylic acids is 1. The van der Waals surface area contributed by atoms with Gasteiger partial charge in [-0.3, -0.25) is 14.3 Å². The molecule has 0 bridgehead atoms. The van der Waals surface area contributed by atoms with Gasteiger partial charge in [0.25, 0.3) is 5.91 Å². The summed E-state index contributed by atoms with van der Waals surface area (Å²) in [5.74, 6) is -1.10. The molecule has 110 valence electrons. The molecule has 1 amide bonds. The SMILES string of the molecule is Cc1nn(C)c(C)c1C(=O)N1CCOCC1CC(=O)O. The van der Waals surface area contributed by atoms with Crippen molar-refractivity contribution in [2.45, 2.75) is 26.3 Å². The molecular weight excluding hydrogens is 262 g/mol. The van der Waals surface area contributed by atoms with E-state index in [0.29, 0.717) is 24.4 Å². The molecular formula is C13H19N3O4. The Kier molecular flexibility index (Phi) is 4.08. The normalized spacial score (nSPS) is 19.1. The molecule has 1 aliphatic rings. The van der Waals surface area contributed by atoms with Crippen LogP contribution >= 0.6 is 0 Å². The molecule has 1 aliphatic heterocycles. The molecule has 1 aromatic heterocycles. The van der Waals surface area contributed by atoms with Crippen LogP contribution in [0.3, 0.4) is 0 Å². The summed E-state index contributed by atoms with van der Waals surface area (Å²) < 4.78 is 6.95. The summed E-state index contributed by atoms with van der Waals surface area (Å²) in [6, 6.07) is -0.423. The Hall–Kier alpha value is -1.89. The van der Waals surface area contributed by atoms with Crippen molar-refractivity contribution in [1.82, 2.24) is 14.7 Å². The first-order valence-electron chi connectivity index (χ1n) is 6.52. The number of morpholine rings is 1. The van der Waals surface area contributed by atoms with Crippen molar-refractivity contribution in [1.29, 1.82) is 0 Å². The molecule has 7 heteroatoms. The molecule has 2 rings (SSSR count). The van der Waals surface area contributed by atoms with E-state index in [4.69, 9.17) is 9.84 Å². The monoisotopic (exact) mass is 281 g/mol. The number of amides is 1. The van der Waals surface area contributed by atoms with E-state index in [1.165, 1.54) is 0 Å². The van der Waals surface area contributed by atoms with Gasteiger partial charge in [-0.05, 0) is 13.8 Å². The average Bonchev–Trinajstić information content (AvgIpc) is 2.62. The highest BCUT2D eigenvalue weighted by Crippen LogP contribution is 2.19. The number of hydrogen-bond acceptors (Lipinski definition) is 4. The molecule has 1 unspecified atom stereocenters. The molecule has 20 heavy (non-hydrogen) atoms. The van der Waals surface area contributed by atoms with Gasteiger partial charge in [0.1, 0.15) is 0 Å². The maximum Gasteiger partial charge on any atom is 0.305 e. The molecule has 0 aliphatic carbocycles. The Balaban J connectivity index is 2.27. The quantitative estimate of drug-likeness (QED) is 0.864. The Bertz CT molecular complexity index is 538. The van der Waals surface area contributed by atoms with Gasteiger partial charge in [-0.1, -0.05) is 0 Å². The second kappa shape index (κ2) is 5.62. The van der Waals surface area contributed by atoms with Crippen LogP contribution in [-0.2, 0) is 16.6 Å². The summed E-state index contributed by atoms with van der Waals surface area (Å²) in [4.78, 5) is 25.2. The van der Waals surface area contributed by atoms with Gasteiger partial charge in [0.2, 0.25) is 0 Å². The van der Waals surface area contributed by atoms with Crippen molar-refractivity contribution in [3.8, 4) is 0 Å². The molecule has 1 aromatic rings. The molecule has 0 spiro atoms. The molecule has 1 N–H and O–H groups in total. The summed E-state index contributed by atoms with van der Waals surface area (Å²) in [7, 11) is 1.78. The Labute approximate surface area is 117 Å². The van der Waals surface area contributed by atoms with Gasteiger partial charge in [0.15, 0.2) is 0 Å². The van der Waals surface area contributed by atoms with Crippen LogP contribution in [0.25, 0.3) is 0 Å². The van der Waals surface area contributed by atoms with Gasteiger partial charge < -0.3 is 14.7 Å². The fourth-order valence-corrected chi connectivity index (χ4v) is 2.52. The Morgan fingerprint density at radius 1 is 1.45 bits per heavy atom. The number of aryl methyl sites for hydroxylation is 2. The first-order chi connectivity index (χ1) is 9.41. The minimum absolute atomic E-state index is 0.107. The van der Waals surface area contributed by atoms with Gasteiger partial charge in [-0.25, -0.2) is 0 Å². The zero-order valence-corrected chi connectivity index (χ0v) is 11.9. The zero-order chi connectivity index (χ0) is 14.9. The van der Waals surface area contributed by atoms with E-state index < -0.39 is 12.0 Å². The van der Waals surface area contributed by atoms with Gasteiger partial charge in [-0.15, -0.1) is 0 Å². The second-order valence-corrected chi connectivity index (χ2v) is 4.99. The minimum Gasteiger partial charge on any atom is -0.481 e. The van der Waals surface area contributed by atoms with Gasteiger partial charge in [-0.2, -0.15) is 5.10 Å². The lowest BCUT2D eigenvalue weighted by molar-refractivity contribution is -0.139. The summed E-state index contributed by atoms with van der Waals surface area (Å²) in [5.41, 5.74) is 2.01. The lowest BCUT2D eigenvalue weighted by atomic mass is 10.1. The fraction of sp³-hybridized carbons (Fsp3) is 0.615. The highest BCUT2D eigenvalue weighted by molar-refractivity contribution is 5.96. The number of aromatic nitrogens is 2. The van der Waals surface area contributed by atoms with Crippen LogP contribution < -0.4 is 0 Å². The molecule has 0 radical (unpaired) electrons. The number of nitrogens with zero attached hydrogens (tertiary/aromatic N) is 3. The predicted octanol–water partition coefficient (Wildman–Crippen LogP) is 0.353. The maximum absolute atomic E-state index is 12.7. The average molecular weight is 281 g/mol. The molecule has 0 aromatic carbocycles. The van der Waals surface area contributed by atoms with Crippen molar-refractivity contribution < 1.29 is 19.4 Å². The van der Waals surface area contributed by atoms with E-state index in [-0.39, 0.29) is 18.9 Å². The van der Waals surface area contributed by atoms with Crippen molar-refractivity contribution >= 4 is 11.9 Å². The predicted molar refractivity (Wildman–Crippen MR) is 70.6 cm³/mol. The lowest BCUT2D eigenvalue weighted by Crippen LogP contribution is -2.49. The van der Waals surface area contributed by atoms with E-state index in [1.807, 2.05) is 6.92 Å². The van der Waals surface area contributed by atoms with Crippen molar-refractivity contribution in [2.75, 3.05) is 19.8 Å². The molecule has 1 atom stereocenters. The lowest BCUT2D eigenvalue weighted by Gasteiger charge is -2.34. The van der Waals surface area contributed by atoms with Gasteiger partial charge in [0.05, 0.1) is 36.9 Å². The standard InChI is InChI=1S/C13H19N3O4/c1-8-12(9(2)15(3)14-8)13(19)16-4-5-20-7-10(16)6-11(17)18/h10H,4-7H2,1-3H3,(H,17,18). The number of ether oxygens (including phenoxy) is 1. The van der Waals surface area contributed by atoms with Gasteiger partial charge in [0, 0.05) is 19.3 Å². The summed E-state index contributed by atoms with van der Waals surface area (Å²) >= 11 is 0. The van der Waals surface area contributed by atoms with E-state index in [1.54, 1.807) is 23.6 Å². The molecule has 2 heterocycles. The Morgan fingerprint density at radius 2 is 2.15 bits per heavy atom.